The molecule has 0 saturated carbocycles. The molecule has 1 N–H and O–H groups in total. The molecule has 28 heavy (non-hydrogen) atoms. The highest BCUT2D eigenvalue weighted by Gasteiger charge is 2.16. The number of nitrogens with zero attached hydrogens (tertiary/aromatic N) is 2. The third-order valence-electron chi connectivity index (χ3n) is 3.64. The largest absolute Gasteiger partial charge is 0.490 e. The molecule has 0 atom stereocenters. The molecule has 1 fully saturated rings. The molecular formula is C19H17ClFN3O3S. The van der Waals surface area contributed by atoms with Crippen molar-refractivity contribution < 1.29 is 18.7 Å². The van der Waals surface area contributed by atoms with E-state index in [0.29, 0.717) is 34.0 Å². The van der Waals surface area contributed by atoms with Crippen LogP contribution in [-0.4, -0.2) is 29.6 Å². The molecule has 1 aliphatic heterocycles. The van der Waals surface area contributed by atoms with Gasteiger partial charge >= 0.3 is 0 Å². The van der Waals surface area contributed by atoms with Crippen LogP contribution in [0.2, 0.25) is 5.02 Å². The Morgan fingerprint density at radius 2 is 2.14 bits per heavy atom. The van der Waals surface area contributed by atoms with Gasteiger partial charge in [-0.3, -0.25) is 4.79 Å². The van der Waals surface area contributed by atoms with Crippen LogP contribution in [0.4, 0.5) is 4.39 Å². The second-order valence-electron chi connectivity index (χ2n) is 5.61. The quantitative estimate of drug-likeness (QED) is 0.541. The van der Waals surface area contributed by atoms with Gasteiger partial charge in [-0.15, -0.1) is 5.10 Å². The summed E-state index contributed by atoms with van der Waals surface area (Å²) in [6.07, 6.45) is 1.54. The molecule has 1 saturated heterocycles. The van der Waals surface area contributed by atoms with Crippen LogP contribution >= 0.6 is 23.4 Å². The van der Waals surface area contributed by atoms with Crippen LogP contribution in [-0.2, 0) is 11.4 Å². The highest BCUT2D eigenvalue weighted by Crippen LogP contribution is 2.30. The standard InChI is InChI=1S/C19H17ClFN3O3S/c1-2-26-17-8-12(9-22-24-19-23-18(25)11-28-19)6-7-16(17)27-10-13-14(20)4-3-5-15(13)21/h3-9H,2,10-11H2,1H3,(H,23,24,25). The number of hydrogen-bond donors (Lipinski definition) is 1. The van der Waals surface area contributed by atoms with E-state index in [0.717, 1.165) is 5.56 Å². The van der Waals surface area contributed by atoms with Crippen LogP contribution in [0.3, 0.4) is 0 Å². The van der Waals surface area contributed by atoms with Gasteiger partial charge < -0.3 is 14.8 Å². The van der Waals surface area contributed by atoms with E-state index >= 15 is 0 Å². The Kier molecular flexibility index (Phi) is 6.89. The molecule has 1 aliphatic rings. The summed E-state index contributed by atoms with van der Waals surface area (Å²) in [6.45, 7) is 2.26. The maximum absolute atomic E-state index is 13.9. The van der Waals surface area contributed by atoms with Crippen molar-refractivity contribution in [2.75, 3.05) is 12.4 Å². The zero-order valence-electron chi connectivity index (χ0n) is 14.9. The van der Waals surface area contributed by atoms with Crippen LogP contribution in [0.25, 0.3) is 0 Å². The molecule has 2 aromatic carbocycles. The molecule has 0 aliphatic carbocycles. The van der Waals surface area contributed by atoms with E-state index in [4.69, 9.17) is 21.1 Å². The molecule has 0 bridgehead atoms. The van der Waals surface area contributed by atoms with Crippen LogP contribution in [0.5, 0.6) is 11.5 Å². The van der Waals surface area contributed by atoms with E-state index in [-0.39, 0.29) is 18.1 Å². The van der Waals surface area contributed by atoms with E-state index in [9.17, 15) is 9.18 Å². The number of carbonyl (C=O) groups excluding carboxylic acids is 1. The number of amides is 1. The molecule has 146 valence electrons. The Balaban J connectivity index is 1.72. The summed E-state index contributed by atoms with van der Waals surface area (Å²) in [5.41, 5.74) is 1.02. The Hall–Kier alpha value is -2.58. The van der Waals surface area contributed by atoms with Crippen molar-refractivity contribution in [2.45, 2.75) is 13.5 Å². The first kappa shape index (κ1) is 20.2. The zero-order valence-corrected chi connectivity index (χ0v) is 16.5. The summed E-state index contributed by atoms with van der Waals surface area (Å²) < 4.78 is 25.2. The van der Waals surface area contributed by atoms with Gasteiger partial charge in [-0.1, -0.05) is 29.4 Å². The second-order valence-corrected chi connectivity index (χ2v) is 6.99. The summed E-state index contributed by atoms with van der Waals surface area (Å²) >= 11 is 7.33. The molecule has 0 radical (unpaired) electrons. The molecule has 0 spiro atoms. The number of nitrogens with one attached hydrogen (secondary N) is 1. The normalized spacial score (nSPS) is 15.2. The number of rotatable bonds is 7. The summed E-state index contributed by atoms with van der Waals surface area (Å²) in [5.74, 6) is 0.790. The summed E-state index contributed by atoms with van der Waals surface area (Å²) in [5, 5.41) is 11.3. The Labute approximate surface area is 170 Å². The van der Waals surface area contributed by atoms with E-state index in [1.165, 1.54) is 24.0 Å². The number of benzene rings is 2. The average molecular weight is 422 g/mol. The fourth-order valence-corrected chi connectivity index (χ4v) is 3.19. The molecule has 2 aromatic rings. The molecule has 0 unspecified atom stereocenters. The maximum Gasteiger partial charge on any atom is 0.236 e. The smallest absolute Gasteiger partial charge is 0.236 e. The average Bonchev–Trinajstić information content (AvgIpc) is 3.08. The summed E-state index contributed by atoms with van der Waals surface area (Å²) in [7, 11) is 0. The van der Waals surface area contributed by atoms with Crippen molar-refractivity contribution in [1.82, 2.24) is 5.32 Å². The minimum Gasteiger partial charge on any atom is -0.490 e. The fraction of sp³-hybridized carbons (Fsp3) is 0.211. The number of hydrogen-bond acceptors (Lipinski definition) is 6. The highest BCUT2D eigenvalue weighted by atomic mass is 35.5. The van der Waals surface area contributed by atoms with Gasteiger partial charge in [0.2, 0.25) is 5.91 Å². The molecule has 3 rings (SSSR count). The van der Waals surface area contributed by atoms with Gasteiger partial charge in [-0.2, -0.15) is 5.10 Å². The molecule has 9 heteroatoms. The molecule has 1 heterocycles. The lowest BCUT2D eigenvalue weighted by molar-refractivity contribution is -0.116. The second kappa shape index (κ2) is 9.57. The van der Waals surface area contributed by atoms with Crippen molar-refractivity contribution in [1.29, 1.82) is 0 Å². The minimum atomic E-state index is -0.426. The highest BCUT2D eigenvalue weighted by molar-refractivity contribution is 8.15. The van der Waals surface area contributed by atoms with E-state index in [1.54, 1.807) is 30.3 Å². The summed E-state index contributed by atoms with van der Waals surface area (Å²) in [4.78, 5) is 11.1. The Bertz CT molecular complexity index is 916. The van der Waals surface area contributed by atoms with E-state index in [1.807, 2.05) is 6.92 Å². The van der Waals surface area contributed by atoms with Gasteiger partial charge in [0.1, 0.15) is 12.4 Å². The minimum absolute atomic E-state index is 0.0242. The van der Waals surface area contributed by atoms with Crippen molar-refractivity contribution in [2.24, 2.45) is 10.2 Å². The number of thioether (sulfide) groups is 1. The van der Waals surface area contributed by atoms with E-state index < -0.39 is 5.82 Å². The number of halogens is 2. The van der Waals surface area contributed by atoms with Crippen molar-refractivity contribution in [3.05, 3.63) is 58.4 Å². The molecular weight excluding hydrogens is 405 g/mol. The third-order valence-corrected chi connectivity index (χ3v) is 4.86. The van der Waals surface area contributed by atoms with E-state index in [2.05, 4.69) is 15.5 Å². The number of amidine groups is 1. The van der Waals surface area contributed by atoms with Gasteiger partial charge in [0.15, 0.2) is 16.7 Å². The monoisotopic (exact) mass is 421 g/mol. The van der Waals surface area contributed by atoms with Gasteiger partial charge in [0.05, 0.1) is 23.6 Å². The SMILES string of the molecule is CCOc1cc(C=NN=C2NC(=O)CS2)ccc1OCc1c(F)cccc1Cl. The number of ether oxygens (including phenoxy) is 2. The lowest BCUT2D eigenvalue weighted by atomic mass is 10.2. The van der Waals surface area contributed by atoms with Crippen LogP contribution in [0.1, 0.15) is 18.1 Å². The van der Waals surface area contributed by atoms with Crippen LogP contribution < -0.4 is 14.8 Å². The van der Waals surface area contributed by atoms with Gasteiger partial charge in [-0.25, -0.2) is 4.39 Å². The molecule has 1 amide bonds. The zero-order chi connectivity index (χ0) is 19.9. The first-order valence-corrected chi connectivity index (χ1v) is 9.79. The van der Waals surface area contributed by atoms with Gasteiger partial charge in [0.25, 0.3) is 0 Å². The molecule has 6 nitrogen and oxygen atoms in total. The van der Waals surface area contributed by atoms with Crippen LogP contribution in [0, 0.1) is 5.82 Å². The lowest BCUT2D eigenvalue weighted by Gasteiger charge is -2.13. The fourth-order valence-electron chi connectivity index (χ4n) is 2.34. The number of carbonyl (C=O) groups is 1. The van der Waals surface area contributed by atoms with Crippen molar-refractivity contribution >= 4 is 40.7 Å². The van der Waals surface area contributed by atoms with Crippen molar-refractivity contribution in [3.63, 3.8) is 0 Å². The lowest BCUT2D eigenvalue weighted by Crippen LogP contribution is -2.19. The topological polar surface area (TPSA) is 72.3 Å². The first-order valence-electron chi connectivity index (χ1n) is 8.43. The first-order chi connectivity index (χ1) is 13.6. The maximum atomic E-state index is 13.9. The Morgan fingerprint density at radius 3 is 2.86 bits per heavy atom. The van der Waals surface area contributed by atoms with Gasteiger partial charge in [-0.05, 0) is 42.8 Å². The molecule has 0 aromatic heterocycles. The van der Waals surface area contributed by atoms with Crippen LogP contribution in [0.15, 0.2) is 46.6 Å². The predicted molar refractivity (Wildman–Crippen MR) is 109 cm³/mol. The van der Waals surface area contributed by atoms with Crippen molar-refractivity contribution in [3.8, 4) is 11.5 Å². The third kappa shape index (κ3) is 5.24. The summed E-state index contributed by atoms with van der Waals surface area (Å²) in [6, 6.07) is 9.70. The predicted octanol–water partition coefficient (Wildman–Crippen LogP) is 4.01. The van der Waals surface area contributed by atoms with Gasteiger partial charge in [0, 0.05) is 5.56 Å². The Morgan fingerprint density at radius 1 is 1.29 bits per heavy atom.